The van der Waals surface area contributed by atoms with Gasteiger partial charge < -0.3 is 19.7 Å². The number of aromatic nitrogens is 2. The third kappa shape index (κ3) is 4.31. The molecular formula is C14H24N4O2. The third-order valence-corrected chi connectivity index (χ3v) is 3.00. The smallest absolute Gasteiger partial charge is 0.228 e. The quantitative estimate of drug-likeness (QED) is 0.868. The molecule has 1 aliphatic heterocycles. The van der Waals surface area contributed by atoms with Crippen LogP contribution in [0.25, 0.3) is 0 Å². The van der Waals surface area contributed by atoms with Crippen LogP contribution in [0, 0.1) is 6.92 Å². The van der Waals surface area contributed by atoms with Gasteiger partial charge in [0.2, 0.25) is 11.8 Å². The van der Waals surface area contributed by atoms with Crippen LogP contribution in [0.3, 0.4) is 0 Å². The number of morpholine rings is 1. The van der Waals surface area contributed by atoms with Crippen LogP contribution in [-0.2, 0) is 4.74 Å². The van der Waals surface area contributed by atoms with Crippen molar-refractivity contribution in [1.29, 1.82) is 0 Å². The molecule has 112 valence electrons. The Hall–Kier alpha value is -1.40. The topological polar surface area (TPSA) is 59.5 Å². The van der Waals surface area contributed by atoms with Crippen molar-refractivity contribution in [3.63, 3.8) is 0 Å². The van der Waals surface area contributed by atoms with Crippen molar-refractivity contribution in [2.24, 2.45) is 0 Å². The Bertz CT molecular complexity index is 433. The molecule has 1 aliphatic rings. The fraction of sp³-hybridized carbons (Fsp3) is 0.714. The van der Waals surface area contributed by atoms with E-state index in [2.05, 4.69) is 15.3 Å². The van der Waals surface area contributed by atoms with Crippen LogP contribution in [0.15, 0.2) is 6.07 Å². The van der Waals surface area contributed by atoms with E-state index < -0.39 is 0 Å². The predicted molar refractivity (Wildman–Crippen MR) is 78.4 cm³/mol. The van der Waals surface area contributed by atoms with Crippen LogP contribution in [0.2, 0.25) is 0 Å². The second-order valence-electron chi connectivity index (χ2n) is 5.39. The molecule has 1 saturated heterocycles. The molecule has 1 N–H and O–H groups in total. The summed E-state index contributed by atoms with van der Waals surface area (Å²) in [6, 6.07) is 1.86. The van der Waals surface area contributed by atoms with Gasteiger partial charge in [0, 0.05) is 38.4 Å². The first-order valence-electron chi connectivity index (χ1n) is 7.10. The summed E-state index contributed by atoms with van der Waals surface area (Å²) in [4.78, 5) is 10.9. The Morgan fingerprint density at radius 3 is 2.95 bits per heavy atom. The SMILES string of the molecule is Cc1cc(OC(C)C)nc(N(C)CC2CNCCO2)n1. The number of likely N-dealkylation sites (N-methyl/N-ethyl adjacent to an activating group) is 1. The fourth-order valence-electron chi connectivity index (χ4n) is 2.12. The highest BCUT2D eigenvalue weighted by molar-refractivity contribution is 5.33. The second kappa shape index (κ2) is 6.85. The lowest BCUT2D eigenvalue weighted by molar-refractivity contribution is 0.0338. The molecule has 0 bridgehead atoms. The molecule has 1 fully saturated rings. The van der Waals surface area contributed by atoms with Crippen molar-refractivity contribution in [3.8, 4) is 5.88 Å². The van der Waals surface area contributed by atoms with Gasteiger partial charge in [0.25, 0.3) is 0 Å². The minimum Gasteiger partial charge on any atom is -0.475 e. The highest BCUT2D eigenvalue weighted by Crippen LogP contribution is 2.16. The van der Waals surface area contributed by atoms with Crippen LogP contribution >= 0.6 is 0 Å². The predicted octanol–water partition coefficient (Wildman–Crippen LogP) is 0.997. The number of nitrogens with zero attached hydrogens (tertiary/aromatic N) is 3. The van der Waals surface area contributed by atoms with Crippen molar-refractivity contribution in [2.45, 2.75) is 33.0 Å². The second-order valence-corrected chi connectivity index (χ2v) is 5.39. The number of hydrogen-bond acceptors (Lipinski definition) is 6. The molecule has 1 aromatic heterocycles. The highest BCUT2D eigenvalue weighted by Gasteiger charge is 2.17. The Kier molecular flexibility index (Phi) is 5.14. The maximum absolute atomic E-state index is 5.70. The summed E-state index contributed by atoms with van der Waals surface area (Å²) in [7, 11) is 1.98. The molecule has 2 heterocycles. The minimum absolute atomic E-state index is 0.105. The monoisotopic (exact) mass is 280 g/mol. The average molecular weight is 280 g/mol. The van der Waals surface area contributed by atoms with Gasteiger partial charge in [-0.25, -0.2) is 4.98 Å². The highest BCUT2D eigenvalue weighted by atomic mass is 16.5. The van der Waals surface area contributed by atoms with Crippen molar-refractivity contribution in [2.75, 3.05) is 38.2 Å². The van der Waals surface area contributed by atoms with Crippen LogP contribution in [-0.4, -0.2) is 55.5 Å². The van der Waals surface area contributed by atoms with E-state index >= 15 is 0 Å². The van der Waals surface area contributed by atoms with Crippen LogP contribution in [0.1, 0.15) is 19.5 Å². The first-order chi connectivity index (χ1) is 9.54. The van der Waals surface area contributed by atoms with Gasteiger partial charge >= 0.3 is 0 Å². The Morgan fingerprint density at radius 1 is 1.50 bits per heavy atom. The van der Waals surface area contributed by atoms with Gasteiger partial charge in [0.05, 0.1) is 18.8 Å². The molecule has 2 rings (SSSR count). The molecule has 1 aromatic rings. The van der Waals surface area contributed by atoms with E-state index in [0.29, 0.717) is 11.8 Å². The summed E-state index contributed by atoms with van der Waals surface area (Å²) in [5.41, 5.74) is 0.903. The van der Waals surface area contributed by atoms with E-state index in [9.17, 15) is 0 Å². The maximum Gasteiger partial charge on any atom is 0.228 e. The van der Waals surface area contributed by atoms with Crippen molar-refractivity contribution >= 4 is 5.95 Å². The van der Waals surface area contributed by atoms with Crippen LogP contribution in [0.5, 0.6) is 5.88 Å². The van der Waals surface area contributed by atoms with Crippen molar-refractivity contribution in [3.05, 3.63) is 11.8 Å². The molecular weight excluding hydrogens is 256 g/mol. The standard InChI is InChI=1S/C14H24N4O2/c1-10(2)20-13-7-11(3)16-14(17-13)18(4)9-12-8-15-5-6-19-12/h7,10,12,15H,5-6,8-9H2,1-4H3. The lowest BCUT2D eigenvalue weighted by Crippen LogP contribution is -2.44. The molecule has 0 aliphatic carbocycles. The molecule has 1 atom stereocenters. The third-order valence-electron chi connectivity index (χ3n) is 3.00. The summed E-state index contributed by atoms with van der Waals surface area (Å²) >= 11 is 0. The summed E-state index contributed by atoms with van der Waals surface area (Å²) in [6.45, 7) is 9.24. The lowest BCUT2D eigenvalue weighted by Gasteiger charge is -2.28. The van der Waals surface area contributed by atoms with Gasteiger partial charge in [0.1, 0.15) is 0 Å². The lowest BCUT2D eigenvalue weighted by atomic mass is 10.3. The van der Waals surface area contributed by atoms with Gasteiger partial charge in [-0.15, -0.1) is 0 Å². The van der Waals surface area contributed by atoms with E-state index in [0.717, 1.165) is 31.9 Å². The van der Waals surface area contributed by atoms with Crippen molar-refractivity contribution in [1.82, 2.24) is 15.3 Å². The molecule has 0 saturated carbocycles. The molecule has 1 unspecified atom stereocenters. The number of anilines is 1. The summed E-state index contributed by atoms with van der Waals surface area (Å²) < 4.78 is 11.4. The Balaban J connectivity index is 2.04. The molecule has 6 heteroatoms. The summed E-state index contributed by atoms with van der Waals surface area (Å²) in [5, 5.41) is 3.32. The zero-order valence-electron chi connectivity index (χ0n) is 12.7. The van der Waals surface area contributed by atoms with Crippen LogP contribution < -0.4 is 15.0 Å². The molecule has 0 amide bonds. The van der Waals surface area contributed by atoms with Crippen molar-refractivity contribution < 1.29 is 9.47 Å². The Morgan fingerprint density at radius 2 is 2.30 bits per heavy atom. The van der Waals surface area contributed by atoms with Crippen LogP contribution in [0.4, 0.5) is 5.95 Å². The fourth-order valence-corrected chi connectivity index (χ4v) is 2.12. The van der Waals surface area contributed by atoms with Gasteiger partial charge in [-0.1, -0.05) is 0 Å². The van der Waals surface area contributed by atoms with E-state index in [-0.39, 0.29) is 12.2 Å². The Labute approximate surface area is 120 Å². The van der Waals surface area contributed by atoms with Gasteiger partial charge in [-0.05, 0) is 20.8 Å². The average Bonchev–Trinajstić information content (AvgIpc) is 2.38. The zero-order chi connectivity index (χ0) is 14.5. The number of hydrogen-bond donors (Lipinski definition) is 1. The number of aryl methyl sites for hydroxylation is 1. The molecule has 0 spiro atoms. The number of ether oxygens (including phenoxy) is 2. The van der Waals surface area contributed by atoms with Gasteiger partial charge in [0.15, 0.2) is 0 Å². The van der Waals surface area contributed by atoms with E-state index in [1.54, 1.807) is 0 Å². The molecule has 6 nitrogen and oxygen atoms in total. The summed E-state index contributed by atoms with van der Waals surface area (Å²) in [6.07, 6.45) is 0.278. The first-order valence-corrected chi connectivity index (χ1v) is 7.10. The van der Waals surface area contributed by atoms with E-state index in [1.165, 1.54) is 0 Å². The van der Waals surface area contributed by atoms with E-state index in [4.69, 9.17) is 9.47 Å². The van der Waals surface area contributed by atoms with Gasteiger partial charge in [-0.2, -0.15) is 4.98 Å². The molecule has 20 heavy (non-hydrogen) atoms. The first kappa shape index (κ1) is 15.0. The minimum atomic E-state index is 0.105. The zero-order valence-corrected chi connectivity index (χ0v) is 12.7. The number of nitrogens with one attached hydrogen (secondary N) is 1. The number of rotatable bonds is 5. The van der Waals surface area contributed by atoms with Gasteiger partial charge in [-0.3, -0.25) is 0 Å². The molecule has 0 radical (unpaired) electrons. The normalized spacial score (nSPS) is 19.1. The van der Waals surface area contributed by atoms with E-state index in [1.807, 2.05) is 38.8 Å². The molecule has 0 aromatic carbocycles. The largest absolute Gasteiger partial charge is 0.475 e. The maximum atomic E-state index is 5.70. The summed E-state index contributed by atoms with van der Waals surface area (Å²) in [5.74, 6) is 1.30.